The molecule has 0 aromatic heterocycles. The van der Waals surface area contributed by atoms with Crippen molar-refractivity contribution >= 4 is 5.97 Å². The maximum atomic E-state index is 10.2. The predicted octanol–water partition coefficient (Wildman–Crippen LogP) is 0.108. The van der Waals surface area contributed by atoms with Crippen LogP contribution in [0, 0.1) is 0 Å². The van der Waals surface area contributed by atoms with Crippen LogP contribution >= 0.6 is 0 Å². The molecule has 3 N–H and O–H groups in total. The molecule has 11 heavy (non-hydrogen) atoms. The van der Waals surface area contributed by atoms with E-state index in [4.69, 9.17) is 15.3 Å². The van der Waals surface area contributed by atoms with Crippen molar-refractivity contribution < 1.29 is 20.1 Å². The van der Waals surface area contributed by atoms with E-state index in [2.05, 4.69) is 0 Å². The first-order chi connectivity index (χ1) is 4.89. The molecule has 0 rings (SSSR count). The minimum Gasteiger partial charge on any atom is -0.478 e. The van der Waals surface area contributed by atoms with Gasteiger partial charge in [-0.15, -0.1) is 0 Å². The van der Waals surface area contributed by atoms with E-state index in [9.17, 15) is 4.79 Å². The summed E-state index contributed by atoms with van der Waals surface area (Å²) in [6.07, 6.45) is 0.979. The van der Waals surface area contributed by atoms with Crippen LogP contribution < -0.4 is 0 Å². The van der Waals surface area contributed by atoms with Crippen molar-refractivity contribution in [1.82, 2.24) is 0 Å². The predicted molar refractivity (Wildman–Crippen MR) is 38.9 cm³/mol. The second-order valence-corrected chi connectivity index (χ2v) is 2.36. The second kappa shape index (κ2) is 3.50. The van der Waals surface area contributed by atoms with Gasteiger partial charge in [0.2, 0.25) is 0 Å². The highest BCUT2D eigenvalue weighted by Gasteiger charge is 2.18. The van der Waals surface area contributed by atoms with Crippen molar-refractivity contribution in [3.8, 4) is 0 Å². The largest absolute Gasteiger partial charge is 0.478 e. The molecule has 0 aromatic rings. The molecule has 64 valence electrons. The summed E-state index contributed by atoms with van der Waals surface area (Å²) >= 11 is 0. The van der Waals surface area contributed by atoms with Gasteiger partial charge < -0.3 is 15.3 Å². The summed E-state index contributed by atoms with van der Waals surface area (Å²) in [4.78, 5) is 10.2. The quantitative estimate of drug-likeness (QED) is 0.404. The molecule has 0 heterocycles. The summed E-state index contributed by atoms with van der Waals surface area (Å²) < 4.78 is 0. The van der Waals surface area contributed by atoms with Crippen LogP contribution in [0.5, 0.6) is 0 Å². The third-order valence-corrected chi connectivity index (χ3v) is 1.31. The van der Waals surface area contributed by atoms with Crippen LogP contribution in [0.15, 0.2) is 11.6 Å². The number of aliphatic carboxylic acids is 1. The zero-order valence-corrected chi connectivity index (χ0v) is 6.53. The maximum Gasteiger partial charge on any atom is 0.331 e. The number of hydrogen-bond acceptors (Lipinski definition) is 3. The van der Waals surface area contributed by atoms with Gasteiger partial charge in [-0.2, -0.15) is 0 Å². The van der Waals surface area contributed by atoms with E-state index in [1.807, 2.05) is 0 Å². The lowest BCUT2D eigenvalue weighted by molar-refractivity contribution is -0.135. The minimum absolute atomic E-state index is 0.0671. The van der Waals surface area contributed by atoms with Crippen molar-refractivity contribution in [3.05, 3.63) is 11.6 Å². The lowest BCUT2D eigenvalue weighted by Gasteiger charge is -2.14. The zero-order valence-electron chi connectivity index (χ0n) is 6.53. The van der Waals surface area contributed by atoms with Gasteiger partial charge in [-0.3, -0.25) is 0 Å². The second-order valence-electron chi connectivity index (χ2n) is 2.36. The monoisotopic (exact) mass is 160 g/mol. The number of carboxylic acid groups (broad SMARTS) is 1. The number of hydrogen-bond donors (Lipinski definition) is 3. The van der Waals surface area contributed by atoms with Crippen molar-refractivity contribution in [2.24, 2.45) is 0 Å². The number of aliphatic hydroxyl groups is 2. The van der Waals surface area contributed by atoms with E-state index in [0.29, 0.717) is 0 Å². The molecule has 0 aliphatic heterocycles. The van der Waals surface area contributed by atoms with Gasteiger partial charge in [-0.1, -0.05) is 6.92 Å². The van der Waals surface area contributed by atoms with Crippen LogP contribution in [0.4, 0.5) is 0 Å². The Morgan fingerprint density at radius 1 is 1.55 bits per heavy atom. The Hall–Kier alpha value is -0.870. The fourth-order valence-corrected chi connectivity index (χ4v) is 0.511. The van der Waals surface area contributed by atoms with Gasteiger partial charge in [0, 0.05) is 12.0 Å². The van der Waals surface area contributed by atoms with E-state index in [0.717, 1.165) is 6.08 Å². The third-order valence-electron chi connectivity index (χ3n) is 1.31. The van der Waals surface area contributed by atoms with E-state index in [-0.39, 0.29) is 12.0 Å². The van der Waals surface area contributed by atoms with Gasteiger partial charge in [-0.25, -0.2) is 4.79 Å². The molecule has 0 spiro atoms. The first-order valence-electron chi connectivity index (χ1n) is 3.26. The molecule has 0 fully saturated rings. The molecule has 0 aromatic carbocycles. The summed E-state index contributed by atoms with van der Waals surface area (Å²) in [6, 6.07) is 0. The van der Waals surface area contributed by atoms with E-state index in [1.54, 1.807) is 6.92 Å². The molecule has 0 saturated heterocycles. The van der Waals surface area contributed by atoms with E-state index < -0.39 is 11.8 Å². The minimum atomic E-state index is -2.00. The van der Waals surface area contributed by atoms with Gasteiger partial charge in [0.25, 0.3) is 0 Å². The number of carbonyl (C=O) groups is 1. The normalized spacial score (nSPS) is 13.3. The summed E-state index contributed by atoms with van der Waals surface area (Å²) in [6.45, 7) is 2.85. The summed E-state index contributed by atoms with van der Waals surface area (Å²) in [5, 5.41) is 26.3. The Kier molecular flexibility index (Phi) is 3.22. The Bertz CT molecular complexity index is 181. The van der Waals surface area contributed by atoms with Gasteiger partial charge >= 0.3 is 5.97 Å². The topological polar surface area (TPSA) is 77.8 Å². The SMILES string of the molecule is CCC(O)(O)C=C(C)C(=O)O. The highest BCUT2D eigenvalue weighted by atomic mass is 16.5. The first-order valence-corrected chi connectivity index (χ1v) is 3.26. The Morgan fingerprint density at radius 3 is 2.27 bits per heavy atom. The Balaban J connectivity index is 4.41. The van der Waals surface area contributed by atoms with E-state index in [1.165, 1.54) is 6.92 Å². The molecule has 0 unspecified atom stereocenters. The van der Waals surface area contributed by atoms with E-state index >= 15 is 0 Å². The Morgan fingerprint density at radius 2 is 2.00 bits per heavy atom. The fourth-order valence-electron chi connectivity index (χ4n) is 0.511. The standard InChI is InChI=1S/C7H12O4/c1-3-7(10,11)4-5(2)6(8)9/h4,10-11H,3H2,1-2H3,(H,8,9). The molecule has 0 saturated carbocycles. The zero-order chi connectivity index (χ0) is 9.07. The summed E-state index contributed by atoms with van der Waals surface area (Å²) in [7, 11) is 0. The molecular weight excluding hydrogens is 148 g/mol. The molecule has 4 nitrogen and oxygen atoms in total. The molecular formula is C7H12O4. The fraction of sp³-hybridized carbons (Fsp3) is 0.571. The maximum absolute atomic E-state index is 10.2. The lowest BCUT2D eigenvalue weighted by Crippen LogP contribution is -2.24. The lowest BCUT2D eigenvalue weighted by atomic mass is 10.1. The van der Waals surface area contributed by atoms with Gasteiger partial charge in [-0.05, 0) is 13.0 Å². The van der Waals surface area contributed by atoms with Crippen LogP contribution in [-0.4, -0.2) is 27.1 Å². The Labute approximate surface area is 64.8 Å². The van der Waals surface area contributed by atoms with Gasteiger partial charge in [0.1, 0.15) is 0 Å². The van der Waals surface area contributed by atoms with Crippen LogP contribution in [0.25, 0.3) is 0 Å². The first kappa shape index (κ1) is 10.1. The highest BCUT2D eigenvalue weighted by Crippen LogP contribution is 2.09. The van der Waals surface area contributed by atoms with Gasteiger partial charge in [0.05, 0.1) is 0 Å². The summed E-state index contributed by atoms with van der Waals surface area (Å²) in [5.41, 5.74) is -0.0724. The van der Waals surface area contributed by atoms with Crippen LogP contribution in [0.3, 0.4) is 0 Å². The average molecular weight is 160 g/mol. The van der Waals surface area contributed by atoms with Crippen LogP contribution in [0.2, 0.25) is 0 Å². The van der Waals surface area contributed by atoms with Crippen LogP contribution in [-0.2, 0) is 4.79 Å². The smallest absolute Gasteiger partial charge is 0.331 e. The van der Waals surface area contributed by atoms with Crippen LogP contribution in [0.1, 0.15) is 20.3 Å². The molecule has 0 amide bonds. The molecule has 0 aliphatic rings. The average Bonchev–Trinajstić information content (AvgIpc) is 1.87. The molecule has 4 heteroatoms. The van der Waals surface area contributed by atoms with Crippen molar-refractivity contribution in [2.75, 3.05) is 0 Å². The molecule has 0 atom stereocenters. The van der Waals surface area contributed by atoms with Crippen molar-refractivity contribution in [1.29, 1.82) is 0 Å². The van der Waals surface area contributed by atoms with Crippen molar-refractivity contribution in [2.45, 2.75) is 26.1 Å². The van der Waals surface area contributed by atoms with Gasteiger partial charge in [0.15, 0.2) is 5.79 Å². The third kappa shape index (κ3) is 3.75. The summed E-state index contributed by atoms with van der Waals surface area (Å²) in [5.74, 6) is -3.14. The van der Waals surface area contributed by atoms with Crippen molar-refractivity contribution in [3.63, 3.8) is 0 Å². The number of carboxylic acids is 1. The number of rotatable bonds is 3. The molecule has 0 bridgehead atoms. The highest BCUT2D eigenvalue weighted by molar-refractivity contribution is 5.85. The molecule has 0 radical (unpaired) electrons. The molecule has 0 aliphatic carbocycles.